The summed E-state index contributed by atoms with van der Waals surface area (Å²) in [5.41, 5.74) is 7.11. The van der Waals surface area contributed by atoms with Crippen molar-refractivity contribution in [2.75, 3.05) is 0 Å². The summed E-state index contributed by atoms with van der Waals surface area (Å²) in [6.07, 6.45) is 4.85. The summed E-state index contributed by atoms with van der Waals surface area (Å²) in [5, 5.41) is 0. The Morgan fingerprint density at radius 3 is 2.56 bits per heavy atom. The van der Waals surface area contributed by atoms with Crippen LogP contribution >= 0.6 is 0 Å². The summed E-state index contributed by atoms with van der Waals surface area (Å²) in [6, 6.07) is 10.0. The van der Waals surface area contributed by atoms with Crippen molar-refractivity contribution >= 4 is 5.78 Å². The lowest BCUT2D eigenvalue weighted by molar-refractivity contribution is -0.123. The molecule has 2 atom stereocenters. The molecule has 0 heterocycles. The molecule has 0 spiro atoms. The van der Waals surface area contributed by atoms with E-state index in [1.807, 2.05) is 30.3 Å². The van der Waals surface area contributed by atoms with Gasteiger partial charge in [-0.3, -0.25) is 4.79 Å². The number of ketones is 1. The van der Waals surface area contributed by atoms with E-state index in [-0.39, 0.29) is 12.0 Å². The summed E-state index contributed by atoms with van der Waals surface area (Å²) in [5.74, 6) is 0.410. The molecule has 2 rings (SSSR count). The molecule has 0 aliphatic heterocycles. The summed E-state index contributed by atoms with van der Waals surface area (Å²) < 4.78 is 0. The van der Waals surface area contributed by atoms with Crippen LogP contribution in [0, 0.1) is 5.92 Å². The number of nitrogens with two attached hydrogens (primary N) is 1. The quantitative estimate of drug-likeness (QED) is 0.844. The lowest BCUT2D eigenvalue weighted by Gasteiger charge is -2.27. The first kappa shape index (κ1) is 11.3. The number of hydrogen-bond donors (Lipinski definition) is 1. The molecule has 0 aromatic heterocycles. The molecule has 1 aromatic carbocycles. The van der Waals surface area contributed by atoms with E-state index in [2.05, 4.69) is 0 Å². The van der Waals surface area contributed by atoms with E-state index in [1.165, 1.54) is 6.42 Å². The first-order chi connectivity index (χ1) is 7.77. The Morgan fingerprint density at radius 1 is 1.19 bits per heavy atom. The molecule has 1 aliphatic carbocycles. The molecule has 2 unspecified atom stereocenters. The van der Waals surface area contributed by atoms with Gasteiger partial charge in [0, 0.05) is 18.4 Å². The van der Waals surface area contributed by atoms with Crippen molar-refractivity contribution in [3.05, 3.63) is 35.9 Å². The zero-order valence-corrected chi connectivity index (χ0v) is 9.56. The molecule has 1 aromatic rings. The number of benzene rings is 1. The maximum atomic E-state index is 12.1. The van der Waals surface area contributed by atoms with E-state index in [1.54, 1.807) is 0 Å². The maximum absolute atomic E-state index is 12.1. The minimum Gasteiger partial charge on any atom is -0.327 e. The van der Waals surface area contributed by atoms with Gasteiger partial charge in [-0.2, -0.15) is 0 Å². The molecular formula is C14H19NO. The van der Waals surface area contributed by atoms with Crippen LogP contribution in [-0.2, 0) is 11.2 Å². The fourth-order valence-electron chi connectivity index (χ4n) is 2.49. The third-order valence-electron chi connectivity index (χ3n) is 3.45. The van der Waals surface area contributed by atoms with Crippen LogP contribution in [0.3, 0.4) is 0 Å². The normalized spacial score (nSPS) is 25.3. The fraction of sp³-hybridized carbons (Fsp3) is 0.500. The summed E-state index contributed by atoms with van der Waals surface area (Å²) in [6.45, 7) is 0. The smallest absolute Gasteiger partial charge is 0.141 e. The van der Waals surface area contributed by atoms with E-state index in [4.69, 9.17) is 5.73 Å². The maximum Gasteiger partial charge on any atom is 0.141 e. The molecule has 1 aliphatic rings. The minimum absolute atomic E-state index is 0.0879. The van der Waals surface area contributed by atoms with Crippen LogP contribution in [0.25, 0.3) is 0 Å². The average Bonchev–Trinajstić information content (AvgIpc) is 2.31. The van der Waals surface area contributed by atoms with Gasteiger partial charge in [0.05, 0.1) is 0 Å². The van der Waals surface area contributed by atoms with Gasteiger partial charge in [0.2, 0.25) is 0 Å². The van der Waals surface area contributed by atoms with Gasteiger partial charge < -0.3 is 5.73 Å². The van der Waals surface area contributed by atoms with Crippen LogP contribution in [0.15, 0.2) is 30.3 Å². The van der Waals surface area contributed by atoms with Crippen molar-refractivity contribution in [2.45, 2.75) is 38.1 Å². The molecule has 0 radical (unpaired) electrons. The third kappa shape index (κ3) is 2.70. The second kappa shape index (κ2) is 5.26. The first-order valence-corrected chi connectivity index (χ1v) is 6.09. The van der Waals surface area contributed by atoms with Gasteiger partial charge in [0.1, 0.15) is 5.78 Å². The molecule has 0 amide bonds. The Kier molecular flexibility index (Phi) is 3.73. The average molecular weight is 217 g/mol. The second-order valence-corrected chi connectivity index (χ2v) is 4.68. The standard InChI is InChI=1S/C14H19NO/c15-13-9-5-4-8-12(13)14(16)10-11-6-2-1-3-7-11/h1-3,6-7,12-13H,4-5,8-10,15H2. The van der Waals surface area contributed by atoms with E-state index < -0.39 is 0 Å². The molecule has 86 valence electrons. The Bertz CT molecular complexity index is 347. The first-order valence-electron chi connectivity index (χ1n) is 6.09. The van der Waals surface area contributed by atoms with Gasteiger partial charge in [-0.15, -0.1) is 0 Å². The number of carbonyl (C=O) groups excluding carboxylic acids is 1. The summed E-state index contributed by atoms with van der Waals surface area (Å²) in [7, 11) is 0. The van der Waals surface area contributed by atoms with Crippen LogP contribution < -0.4 is 5.73 Å². The third-order valence-corrected chi connectivity index (χ3v) is 3.45. The molecular weight excluding hydrogens is 198 g/mol. The van der Waals surface area contributed by atoms with Crippen molar-refractivity contribution < 1.29 is 4.79 Å². The van der Waals surface area contributed by atoms with Gasteiger partial charge >= 0.3 is 0 Å². The molecule has 2 N–H and O–H groups in total. The molecule has 2 heteroatoms. The highest BCUT2D eigenvalue weighted by atomic mass is 16.1. The highest BCUT2D eigenvalue weighted by molar-refractivity contribution is 5.84. The van der Waals surface area contributed by atoms with Crippen molar-refractivity contribution in [3.8, 4) is 0 Å². The largest absolute Gasteiger partial charge is 0.327 e. The van der Waals surface area contributed by atoms with Crippen LogP contribution in [0.4, 0.5) is 0 Å². The predicted molar refractivity (Wildman–Crippen MR) is 65.1 cm³/mol. The van der Waals surface area contributed by atoms with Crippen molar-refractivity contribution in [1.29, 1.82) is 0 Å². The van der Waals surface area contributed by atoms with Gasteiger partial charge in [0.15, 0.2) is 0 Å². The van der Waals surface area contributed by atoms with Crippen LogP contribution in [0.2, 0.25) is 0 Å². The van der Waals surface area contributed by atoms with Crippen molar-refractivity contribution in [2.24, 2.45) is 11.7 Å². The number of hydrogen-bond acceptors (Lipinski definition) is 2. The van der Waals surface area contributed by atoms with Gasteiger partial charge in [-0.25, -0.2) is 0 Å². The lowest BCUT2D eigenvalue weighted by Crippen LogP contribution is -2.38. The highest BCUT2D eigenvalue weighted by Gasteiger charge is 2.27. The summed E-state index contributed by atoms with van der Waals surface area (Å²) >= 11 is 0. The Labute approximate surface area is 96.8 Å². The van der Waals surface area contributed by atoms with Crippen LogP contribution in [-0.4, -0.2) is 11.8 Å². The predicted octanol–water partition coefficient (Wildman–Crippen LogP) is 2.32. The van der Waals surface area contributed by atoms with Gasteiger partial charge in [-0.05, 0) is 18.4 Å². The van der Waals surface area contributed by atoms with Crippen LogP contribution in [0.5, 0.6) is 0 Å². The minimum atomic E-state index is 0.0879. The Balaban J connectivity index is 1.97. The number of rotatable bonds is 3. The SMILES string of the molecule is NC1CCCCC1C(=O)Cc1ccccc1. The zero-order chi connectivity index (χ0) is 11.4. The highest BCUT2D eigenvalue weighted by Crippen LogP contribution is 2.24. The van der Waals surface area contributed by atoms with Gasteiger partial charge in [0.25, 0.3) is 0 Å². The zero-order valence-electron chi connectivity index (χ0n) is 9.56. The lowest BCUT2D eigenvalue weighted by atomic mass is 9.81. The molecule has 0 bridgehead atoms. The second-order valence-electron chi connectivity index (χ2n) is 4.68. The Morgan fingerprint density at radius 2 is 1.88 bits per heavy atom. The number of carbonyl (C=O) groups is 1. The molecule has 0 saturated heterocycles. The topological polar surface area (TPSA) is 43.1 Å². The Hall–Kier alpha value is -1.15. The molecule has 1 fully saturated rings. The fourth-order valence-corrected chi connectivity index (χ4v) is 2.49. The number of Topliss-reactive ketones (excluding diaryl/α,β-unsaturated/α-hetero) is 1. The van der Waals surface area contributed by atoms with E-state index in [0.717, 1.165) is 24.8 Å². The monoisotopic (exact) mass is 217 g/mol. The van der Waals surface area contributed by atoms with Crippen molar-refractivity contribution in [1.82, 2.24) is 0 Å². The molecule has 1 saturated carbocycles. The van der Waals surface area contributed by atoms with E-state index in [0.29, 0.717) is 12.2 Å². The van der Waals surface area contributed by atoms with E-state index in [9.17, 15) is 4.79 Å². The van der Waals surface area contributed by atoms with E-state index >= 15 is 0 Å². The van der Waals surface area contributed by atoms with Crippen molar-refractivity contribution in [3.63, 3.8) is 0 Å². The van der Waals surface area contributed by atoms with Gasteiger partial charge in [-0.1, -0.05) is 43.2 Å². The summed E-state index contributed by atoms with van der Waals surface area (Å²) in [4.78, 5) is 12.1. The molecule has 16 heavy (non-hydrogen) atoms. The molecule has 2 nitrogen and oxygen atoms in total. The van der Waals surface area contributed by atoms with Crippen LogP contribution in [0.1, 0.15) is 31.2 Å².